The largest absolute Gasteiger partial charge is 0.457 e. The molecule has 0 saturated carbocycles. The van der Waals surface area contributed by atoms with Gasteiger partial charge in [-0.1, -0.05) is 30.3 Å². The molecular formula is C23H27N5O2. The van der Waals surface area contributed by atoms with E-state index in [9.17, 15) is 0 Å². The third-order valence-corrected chi connectivity index (χ3v) is 5.52. The van der Waals surface area contributed by atoms with E-state index in [1.807, 2.05) is 54.6 Å². The van der Waals surface area contributed by atoms with Crippen molar-refractivity contribution in [2.24, 2.45) is 0 Å². The zero-order valence-electron chi connectivity index (χ0n) is 17.1. The molecule has 4 rings (SSSR count). The maximum atomic E-state index is 6.23. The van der Waals surface area contributed by atoms with Gasteiger partial charge in [0.25, 0.3) is 0 Å². The van der Waals surface area contributed by atoms with Crippen LogP contribution in [0.2, 0.25) is 0 Å². The molecule has 0 amide bonds. The highest BCUT2D eigenvalue weighted by atomic mass is 16.5. The number of hydrogen-bond donors (Lipinski definition) is 3. The van der Waals surface area contributed by atoms with Gasteiger partial charge in [-0.15, -0.1) is 0 Å². The lowest BCUT2D eigenvalue weighted by Crippen LogP contribution is -2.48. The number of rotatable bonds is 7. The molecule has 3 aromatic rings. The van der Waals surface area contributed by atoms with Crippen molar-refractivity contribution in [3.05, 3.63) is 60.9 Å². The first-order valence-electron chi connectivity index (χ1n) is 10.1. The molecule has 2 aromatic carbocycles. The molecule has 0 unspecified atom stereocenters. The minimum Gasteiger partial charge on any atom is -0.457 e. The summed E-state index contributed by atoms with van der Waals surface area (Å²) in [6.45, 7) is 2.54. The molecule has 2 heterocycles. The van der Waals surface area contributed by atoms with Gasteiger partial charge in [0, 0.05) is 13.7 Å². The first-order valence-corrected chi connectivity index (χ1v) is 10.1. The van der Waals surface area contributed by atoms with E-state index in [-0.39, 0.29) is 5.60 Å². The monoisotopic (exact) mass is 405 g/mol. The molecule has 1 fully saturated rings. The summed E-state index contributed by atoms with van der Waals surface area (Å²) in [4.78, 5) is 8.64. The number of hydrogen-bond acceptors (Lipinski definition) is 7. The third-order valence-electron chi connectivity index (χ3n) is 5.52. The highest BCUT2D eigenvalue weighted by Crippen LogP contribution is 2.33. The topological polar surface area (TPSA) is 94.3 Å². The maximum absolute atomic E-state index is 6.23. The van der Waals surface area contributed by atoms with Gasteiger partial charge in [-0.3, -0.25) is 0 Å². The fraction of sp³-hybridized carbons (Fsp3) is 0.304. The lowest BCUT2D eigenvalue weighted by Gasteiger charge is -2.36. The number of methoxy groups -OCH3 is 1. The van der Waals surface area contributed by atoms with Crippen molar-refractivity contribution in [2.75, 3.05) is 37.8 Å². The van der Waals surface area contributed by atoms with Crippen LogP contribution in [0.4, 0.5) is 11.6 Å². The molecule has 0 aliphatic carbocycles. The molecular weight excluding hydrogens is 378 g/mol. The number of nitrogens with one attached hydrogen (secondary N) is 2. The second-order valence-electron chi connectivity index (χ2n) is 7.41. The van der Waals surface area contributed by atoms with Gasteiger partial charge in [-0.2, -0.15) is 0 Å². The molecule has 1 saturated heterocycles. The predicted molar refractivity (Wildman–Crippen MR) is 119 cm³/mol. The predicted octanol–water partition coefficient (Wildman–Crippen LogP) is 3.70. The van der Waals surface area contributed by atoms with E-state index < -0.39 is 0 Å². The fourth-order valence-corrected chi connectivity index (χ4v) is 3.71. The summed E-state index contributed by atoms with van der Waals surface area (Å²) < 4.78 is 11.7. The summed E-state index contributed by atoms with van der Waals surface area (Å²) >= 11 is 0. The van der Waals surface area contributed by atoms with Crippen LogP contribution in [0.1, 0.15) is 12.8 Å². The highest BCUT2D eigenvalue weighted by Gasteiger charge is 2.32. The summed E-state index contributed by atoms with van der Waals surface area (Å²) in [6.07, 6.45) is 3.37. The number of nitrogens with two attached hydrogens (primary N) is 1. The minimum absolute atomic E-state index is 0.213. The van der Waals surface area contributed by atoms with Crippen molar-refractivity contribution < 1.29 is 9.47 Å². The van der Waals surface area contributed by atoms with Crippen LogP contribution in [0.5, 0.6) is 11.5 Å². The average Bonchev–Trinajstić information content (AvgIpc) is 2.80. The Kier molecular flexibility index (Phi) is 6.11. The van der Waals surface area contributed by atoms with E-state index in [2.05, 4.69) is 20.6 Å². The van der Waals surface area contributed by atoms with E-state index in [0.29, 0.717) is 18.2 Å². The second-order valence-corrected chi connectivity index (χ2v) is 7.41. The smallest absolute Gasteiger partial charge is 0.139 e. The van der Waals surface area contributed by atoms with Gasteiger partial charge in [0.05, 0.1) is 11.2 Å². The molecule has 7 nitrogen and oxygen atoms in total. The zero-order chi connectivity index (χ0) is 20.8. The summed E-state index contributed by atoms with van der Waals surface area (Å²) in [5.74, 6) is 2.68. The van der Waals surface area contributed by atoms with E-state index in [1.165, 1.54) is 6.33 Å². The van der Waals surface area contributed by atoms with Crippen LogP contribution in [0.3, 0.4) is 0 Å². The van der Waals surface area contributed by atoms with E-state index in [0.717, 1.165) is 48.6 Å². The average molecular weight is 406 g/mol. The lowest BCUT2D eigenvalue weighted by atomic mass is 9.92. The Bertz CT molecular complexity index is 957. The number of aromatic nitrogens is 2. The first-order chi connectivity index (χ1) is 14.7. The number of anilines is 2. The Morgan fingerprint density at radius 3 is 2.40 bits per heavy atom. The van der Waals surface area contributed by atoms with Crippen LogP contribution in [0.15, 0.2) is 60.9 Å². The van der Waals surface area contributed by atoms with Crippen LogP contribution in [-0.4, -0.2) is 42.3 Å². The van der Waals surface area contributed by atoms with Gasteiger partial charge in [0.1, 0.15) is 29.5 Å². The minimum atomic E-state index is -0.213. The van der Waals surface area contributed by atoms with Gasteiger partial charge in [0.2, 0.25) is 0 Å². The number of para-hydroxylation sites is 1. The zero-order valence-corrected chi connectivity index (χ0v) is 17.1. The lowest BCUT2D eigenvalue weighted by molar-refractivity contribution is -0.0226. The van der Waals surface area contributed by atoms with Crippen molar-refractivity contribution in [3.8, 4) is 22.6 Å². The third kappa shape index (κ3) is 4.53. The molecule has 0 atom stereocenters. The van der Waals surface area contributed by atoms with Crippen LogP contribution in [0.25, 0.3) is 11.1 Å². The number of nitrogen functional groups attached to an aromatic ring is 1. The normalized spacial score (nSPS) is 15.5. The van der Waals surface area contributed by atoms with Crippen LogP contribution in [0, 0.1) is 0 Å². The standard InChI is InChI=1S/C23H27N5O2/c1-29-23(11-13-25-14-12-23)15-26-22-20(21(24)27-16-28-22)17-7-9-19(10-8-17)30-18-5-3-2-4-6-18/h2-10,16,25H,11-15H2,1H3,(H3,24,26,27,28). The summed E-state index contributed by atoms with van der Waals surface area (Å²) in [5, 5.41) is 6.83. The molecule has 1 aromatic heterocycles. The molecule has 30 heavy (non-hydrogen) atoms. The van der Waals surface area contributed by atoms with Gasteiger partial charge in [-0.05, 0) is 55.8 Å². The number of benzene rings is 2. The molecule has 1 aliphatic rings. The Morgan fingerprint density at radius 1 is 1.00 bits per heavy atom. The van der Waals surface area contributed by atoms with Crippen molar-refractivity contribution in [3.63, 3.8) is 0 Å². The summed E-state index contributed by atoms with van der Waals surface area (Å²) in [5.41, 5.74) is 7.72. The van der Waals surface area contributed by atoms with Crippen LogP contribution >= 0.6 is 0 Å². The molecule has 0 radical (unpaired) electrons. The number of nitrogens with zero attached hydrogens (tertiary/aromatic N) is 2. The van der Waals surface area contributed by atoms with Crippen molar-refractivity contribution in [1.29, 1.82) is 0 Å². The highest BCUT2D eigenvalue weighted by molar-refractivity contribution is 5.83. The molecule has 7 heteroatoms. The van der Waals surface area contributed by atoms with Gasteiger partial charge < -0.3 is 25.8 Å². The van der Waals surface area contributed by atoms with E-state index in [1.54, 1.807) is 7.11 Å². The van der Waals surface area contributed by atoms with Gasteiger partial charge in [-0.25, -0.2) is 9.97 Å². The Hall–Kier alpha value is -3.16. The summed E-state index contributed by atoms with van der Waals surface area (Å²) in [7, 11) is 1.77. The van der Waals surface area contributed by atoms with Crippen molar-refractivity contribution in [1.82, 2.24) is 15.3 Å². The quantitative estimate of drug-likeness (QED) is 0.552. The van der Waals surface area contributed by atoms with Crippen molar-refractivity contribution in [2.45, 2.75) is 18.4 Å². The first kappa shape index (κ1) is 20.1. The Labute approximate surface area is 176 Å². The van der Waals surface area contributed by atoms with E-state index >= 15 is 0 Å². The van der Waals surface area contributed by atoms with Crippen molar-refractivity contribution >= 4 is 11.6 Å². The molecule has 1 aliphatic heterocycles. The van der Waals surface area contributed by atoms with Crippen LogP contribution in [-0.2, 0) is 4.74 Å². The molecule has 156 valence electrons. The SMILES string of the molecule is COC1(CNc2ncnc(N)c2-c2ccc(Oc3ccccc3)cc2)CCNCC1. The van der Waals surface area contributed by atoms with E-state index in [4.69, 9.17) is 15.2 Å². The van der Waals surface area contributed by atoms with Gasteiger partial charge in [0.15, 0.2) is 0 Å². The summed E-state index contributed by atoms with van der Waals surface area (Å²) in [6, 6.07) is 17.5. The number of ether oxygens (including phenoxy) is 2. The molecule has 0 spiro atoms. The maximum Gasteiger partial charge on any atom is 0.139 e. The Morgan fingerprint density at radius 2 is 1.70 bits per heavy atom. The number of piperidine rings is 1. The molecule has 4 N–H and O–H groups in total. The van der Waals surface area contributed by atoms with Gasteiger partial charge >= 0.3 is 0 Å². The van der Waals surface area contributed by atoms with Crippen LogP contribution < -0.4 is 21.1 Å². The molecule has 0 bridgehead atoms. The Balaban J connectivity index is 1.54. The fourth-order valence-electron chi connectivity index (χ4n) is 3.71. The second kappa shape index (κ2) is 9.11.